The number of benzene rings is 2. The highest BCUT2D eigenvalue weighted by Crippen LogP contribution is 2.32. The van der Waals surface area contributed by atoms with Crippen LogP contribution in [-0.4, -0.2) is 28.5 Å². The van der Waals surface area contributed by atoms with Crippen LogP contribution in [0.5, 0.6) is 11.5 Å². The molecule has 152 valence electrons. The molecule has 30 heavy (non-hydrogen) atoms. The van der Waals surface area contributed by atoms with Gasteiger partial charge in [0.25, 0.3) is 0 Å². The van der Waals surface area contributed by atoms with Crippen molar-refractivity contribution in [2.45, 2.75) is 20.1 Å². The Morgan fingerprint density at radius 2 is 2.00 bits per heavy atom. The molecule has 7 nitrogen and oxygen atoms in total. The van der Waals surface area contributed by atoms with E-state index in [1.807, 2.05) is 48.1 Å². The summed E-state index contributed by atoms with van der Waals surface area (Å²) in [6.45, 7) is 3.89. The third-order valence-corrected chi connectivity index (χ3v) is 5.19. The van der Waals surface area contributed by atoms with E-state index in [1.54, 1.807) is 13.3 Å². The largest absolute Gasteiger partial charge is 0.494 e. The summed E-state index contributed by atoms with van der Waals surface area (Å²) in [4.78, 5) is 0. The molecule has 0 bridgehead atoms. The fourth-order valence-electron chi connectivity index (χ4n) is 3.72. The summed E-state index contributed by atoms with van der Waals surface area (Å²) in [5.41, 5.74) is 4.32. The lowest BCUT2D eigenvalue weighted by molar-refractivity contribution is 0.134. The van der Waals surface area contributed by atoms with Gasteiger partial charge in [-0.1, -0.05) is 6.07 Å². The van der Waals surface area contributed by atoms with Crippen LogP contribution < -0.4 is 14.8 Å². The van der Waals surface area contributed by atoms with Crippen molar-refractivity contribution < 1.29 is 14.2 Å². The zero-order valence-corrected chi connectivity index (χ0v) is 16.9. The lowest BCUT2D eigenvalue weighted by atomic mass is 10.1. The van der Waals surface area contributed by atoms with Crippen molar-refractivity contribution in [1.29, 1.82) is 0 Å². The summed E-state index contributed by atoms with van der Waals surface area (Å²) >= 11 is 0. The van der Waals surface area contributed by atoms with Gasteiger partial charge in [0.1, 0.15) is 11.5 Å². The number of methoxy groups -OCH3 is 1. The van der Waals surface area contributed by atoms with E-state index in [0.29, 0.717) is 25.6 Å². The van der Waals surface area contributed by atoms with Gasteiger partial charge in [-0.05, 0) is 42.3 Å². The average Bonchev–Trinajstić information content (AvgIpc) is 3.41. The minimum atomic E-state index is 0.608. The maximum absolute atomic E-state index is 5.59. The van der Waals surface area contributed by atoms with Gasteiger partial charge in [0.05, 0.1) is 38.8 Å². The predicted molar refractivity (Wildman–Crippen MR) is 115 cm³/mol. The van der Waals surface area contributed by atoms with Crippen LogP contribution in [0.4, 0.5) is 11.5 Å². The van der Waals surface area contributed by atoms with Crippen LogP contribution in [0.2, 0.25) is 0 Å². The number of anilines is 2. The molecule has 7 heteroatoms. The molecule has 1 aliphatic rings. The fraction of sp³-hybridized carbons (Fsp3) is 0.217. The second-order valence-electron chi connectivity index (χ2n) is 7.10. The predicted octanol–water partition coefficient (Wildman–Crippen LogP) is 4.60. The lowest BCUT2D eigenvalue weighted by Crippen LogP contribution is -1.98. The van der Waals surface area contributed by atoms with Gasteiger partial charge < -0.3 is 24.1 Å². The molecule has 4 aromatic rings. The molecule has 0 radical (unpaired) electrons. The first-order valence-corrected chi connectivity index (χ1v) is 9.86. The van der Waals surface area contributed by atoms with Gasteiger partial charge in [0.2, 0.25) is 0 Å². The molecule has 0 saturated carbocycles. The van der Waals surface area contributed by atoms with Gasteiger partial charge in [-0.15, -0.1) is 5.10 Å². The topological polar surface area (TPSA) is 70.4 Å². The highest BCUT2D eigenvalue weighted by molar-refractivity contribution is 5.93. The summed E-state index contributed by atoms with van der Waals surface area (Å²) in [5, 5.41) is 13.8. The van der Waals surface area contributed by atoms with Gasteiger partial charge in [-0.3, -0.25) is 0 Å². The first-order chi connectivity index (χ1) is 14.7. The van der Waals surface area contributed by atoms with Crippen LogP contribution >= 0.6 is 0 Å². The first-order valence-electron chi connectivity index (χ1n) is 9.86. The van der Waals surface area contributed by atoms with E-state index < -0.39 is 0 Å². The van der Waals surface area contributed by atoms with Crippen molar-refractivity contribution in [3.63, 3.8) is 0 Å². The van der Waals surface area contributed by atoms with Crippen LogP contribution in [0.3, 0.4) is 0 Å². The van der Waals surface area contributed by atoms with Crippen molar-refractivity contribution >= 4 is 22.3 Å². The number of hydrogen-bond donors (Lipinski definition) is 1. The van der Waals surface area contributed by atoms with E-state index >= 15 is 0 Å². The maximum Gasteiger partial charge on any atom is 0.162 e. The Morgan fingerprint density at radius 3 is 2.87 bits per heavy atom. The minimum absolute atomic E-state index is 0.608. The molecule has 3 heterocycles. The molecular weight excluding hydrogens is 380 g/mol. The Balaban J connectivity index is 1.51. The number of hydrogen-bond acceptors (Lipinski definition) is 6. The lowest BCUT2D eigenvalue weighted by Gasteiger charge is -2.11. The van der Waals surface area contributed by atoms with Gasteiger partial charge in [-0.2, -0.15) is 5.10 Å². The summed E-state index contributed by atoms with van der Waals surface area (Å²) in [5.74, 6) is 2.21. The van der Waals surface area contributed by atoms with Crippen LogP contribution in [0, 0.1) is 0 Å². The summed E-state index contributed by atoms with van der Waals surface area (Å²) in [7, 11) is 1.66. The number of aromatic nitrogens is 3. The summed E-state index contributed by atoms with van der Waals surface area (Å²) in [6, 6.07) is 12.1. The highest BCUT2D eigenvalue weighted by Gasteiger charge is 2.14. The zero-order chi connectivity index (χ0) is 20.5. The Hall–Kier alpha value is -3.58. The molecular formula is C23H22N4O3. The summed E-state index contributed by atoms with van der Waals surface area (Å²) in [6.07, 6.45) is 5.81. The van der Waals surface area contributed by atoms with Crippen molar-refractivity contribution in [1.82, 2.24) is 14.8 Å². The number of rotatable bonds is 6. The van der Waals surface area contributed by atoms with Crippen molar-refractivity contribution in [3.05, 3.63) is 66.1 Å². The molecule has 1 aliphatic heterocycles. The molecule has 2 aromatic heterocycles. The van der Waals surface area contributed by atoms with E-state index in [-0.39, 0.29) is 0 Å². The second kappa shape index (κ2) is 7.68. The molecule has 0 amide bonds. The van der Waals surface area contributed by atoms with E-state index in [9.17, 15) is 0 Å². The number of nitrogens with zero attached hydrogens (tertiary/aromatic N) is 3. The maximum atomic E-state index is 5.59. The number of nitrogens with one attached hydrogen (secondary N) is 1. The van der Waals surface area contributed by atoms with Gasteiger partial charge in [0, 0.05) is 34.9 Å². The standard InChI is InChI=1S/C23H22N4O3/c1-3-30-19-6-7-21(22(9-19)28-2)27-11-17-10-24-26-23(20(17)12-27)25-18-5-4-15-13-29-14-16(15)8-18/h4-12H,3,13-14H2,1-2H3,(H,25,26). The third kappa shape index (κ3) is 3.33. The summed E-state index contributed by atoms with van der Waals surface area (Å²) < 4.78 is 18.7. The van der Waals surface area contributed by atoms with Crippen molar-refractivity contribution in [2.24, 2.45) is 0 Å². The second-order valence-corrected chi connectivity index (χ2v) is 7.10. The number of ether oxygens (including phenoxy) is 3. The van der Waals surface area contributed by atoms with Gasteiger partial charge >= 0.3 is 0 Å². The molecule has 0 unspecified atom stereocenters. The minimum Gasteiger partial charge on any atom is -0.494 e. The monoisotopic (exact) mass is 402 g/mol. The fourth-order valence-corrected chi connectivity index (χ4v) is 3.72. The Morgan fingerprint density at radius 1 is 1.10 bits per heavy atom. The molecule has 0 saturated heterocycles. The van der Waals surface area contributed by atoms with Crippen LogP contribution in [0.25, 0.3) is 16.5 Å². The van der Waals surface area contributed by atoms with Crippen LogP contribution in [-0.2, 0) is 18.0 Å². The van der Waals surface area contributed by atoms with Crippen molar-refractivity contribution in [3.8, 4) is 17.2 Å². The van der Waals surface area contributed by atoms with Crippen LogP contribution in [0.1, 0.15) is 18.1 Å². The van der Waals surface area contributed by atoms with Gasteiger partial charge in [-0.25, -0.2) is 0 Å². The molecule has 1 N–H and O–H groups in total. The Kier molecular flexibility index (Phi) is 4.72. The third-order valence-electron chi connectivity index (χ3n) is 5.19. The van der Waals surface area contributed by atoms with Gasteiger partial charge in [0.15, 0.2) is 5.82 Å². The zero-order valence-electron chi connectivity index (χ0n) is 16.9. The van der Waals surface area contributed by atoms with E-state index in [0.717, 1.165) is 33.6 Å². The molecule has 0 spiro atoms. The molecule has 0 aliphatic carbocycles. The van der Waals surface area contributed by atoms with E-state index in [2.05, 4.69) is 27.6 Å². The molecule has 5 rings (SSSR count). The molecule has 0 fully saturated rings. The Bertz CT molecular complexity index is 1220. The average molecular weight is 402 g/mol. The quantitative estimate of drug-likeness (QED) is 0.508. The highest BCUT2D eigenvalue weighted by atomic mass is 16.5. The number of fused-ring (bicyclic) bond motifs is 2. The normalized spacial score (nSPS) is 12.7. The SMILES string of the molecule is CCOc1ccc(-n2cc3cnnc(Nc4ccc5c(c4)COC5)c3c2)c(OC)c1. The van der Waals surface area contributed by atoms with E-state index in [1.165, 1.54) is 11.1 Å². The molecule has 2 aromatic carbocycles. The Labute approximate surface area is 174 Å². The smallest absolute Gasteiger partial charge is 0.162 e. The van der Waals surface area contributed by atoms with Crippen LogP contribution in [0.15, 0.2) is 55.0 Å². The van der Waals surface area contributed by atoms with Crippen molar-refractivity contribution in [2.75, 3.05) is 19.0 Å². The molecule has 0 atom stereocenters. The first kappa shape index (κ1) is 18.4. The van der Waals surface area contributed by atoms with E-state index in [4.69, 9.17) is 14.2 Å².